The highest BCUT2D eigenvalue weighted by Gasteiger charge is 2.06. The van der Waals surface area contributed by atoms with Gasteiger partial charge in [0.15, 0.2) is 5.82 Å². The molecular weight excluding hydrogens is 206 g/mol. The molecule has 0 fully saturated rings. The number of hydrogen-bond donors (Lipinski definition) is 2. The molecule has 0 atom stereocenters. The first-order chi connectivity index (χ1) is 7.69. The van der Waals surface area contributed by atoms with Gasteiger partial charge < -0.3 is 10.7 Å². The smallest absolute Gasteiger partial charge is 0.251 e. The van der Waals surface area contributed by atoms with Crippen molar-refractivity contribution < 1.29 is 0 Å². The minimum Gasteiger partial charge on any atom is -0.330 e. The molecule has 2 rings (SSSR count). The number of nitrogens with zero attached hydrogens (tertiary/aromatic N) is 3. The summed E-state index contributed by atoms with van der Waals surface area (Å²) in [6.45, 7) is 0.470. The van der Waals surface area contributed by atoms with Crippen LogP contribution in [0.4, 0.5) is 0 Å². The van der Waals surface area contributed by atoms with Gasteiger partial charge in [0.25, 0.3) is 5.56 Å². The Labute approximate surface area is 92.1 Å². The maximum Gasteiger partial charge on any atom is 0.251 e. The fourth-order valence-electron chi connectivity index (χ4n) is 1.45. The second-order valence-electron chi connectivity index (χ2n) is 3.50. The molecule has 6 heteroatoms. The molecule has 6 nitrogen and oxygen atoms in total. The van der Waals surface area contributed by atoms with Gasteiger partial charge in [-0.15, -0.1) is 0 Å². The zero-order valence-electron chi connectivity index (χ0n) is 8.97. The molecule has 0 radical (unpaired) electrons. The maximum atomic E-state index is 11.4. The SMILES string of the molecule is Cn1ccc(-c2nc(CCN)cc(=O)[nH]2)n1. The molecule has 0 aliphatic rings. The standard InChI is InChI=1S/C10H13N5O/c1-15-5-3-8(14-15)10-12-7(2-4-11)6-9(16)13-10/h3,5-6H,2,4,11H2,1H3,(H,12,13,16). The van der Waals surface area contributed by atoms with Crippen LogP contribution in [0, 0.1) is 0 Å². The quantitative estimate of drug-likeness (QED) is 0.739. The van der Waals surface area contributed by atoms with Gasteiger partial charge in [0.05, 0.1) is 0 Å². The van der Waals surface area contributed by atoms with Crippen molar-refractivity contribution in [2.75, 3.05) is 6.54 Å². The van der Waals surface area contributed by atoms with Gasteiger partial charge in [0.1, 0.15) is 5.69 Å². The molecular formula is C10H13N5O. The molecule has 2 aromatic heterocycles. The summed E-state index contributed by atoms with van der Waals surface area (Å²) in [5.41, 5.74) is 6.59. The summed E-state index contributed by atoms with van der Waals surface area (Å²) in [4.78, 5) is 18.3. The Bertz CT molecular complexity index is 542. The van der Waals surface area contributed by atoms with E-state index in [9.17, 15) is 4.79 Å². The third-order valence-corrected chi connectivity index (χ3v) is 2.15. The second kappa shape index (κ2) is 4.28. The molecule has 0 aliphatic carbocycles. The van der Waals surface area contributed by atoms with Gasteiger partial charge >= 0.3 is 0 Å². The number of H-pyrrole nitrogens is 1. The molecule has 0 amide bonds. The second-order valence-corrected chi connectivity index (χ2v) is 3.50. The van der Waals surface area contributed by atoms with Gasteiger partial charge in [-0.05, 0) is 12.6 Å². The topological polar surface area (TPSA) is 89.6 Å². The van der Waals surface area contributed by atoms with Crippen LogP contribution in [0.25, 0.3) is 11.5 Å². The van der Waals surface area contributed by atoms with E-state index in [2.05, 4.69) is 15.1 Å². The first-order valence-corrected chi connectivity index (χ1v) is 4.99. The minimum absolute atomic E-state index is 0.181. The molecule has 0 bridgehead atoms. The van der Waals surface area contributed by atoms with E-state index in [-0.39, 0.29) is 5.56 Å². The Morgan fingerprint density at radius 1 is 1.56 bits per heavy atom. The van der Waals surface area contributed by atoms with Crippen LogP contribution in [-0.2, 0) is 13.5 Å². The van der Waals surface area contributed by atoms with Crippen LogP contribution in [0.1, 0.15) is 5.69 Å². The predicted octanol–water partition coefficient (Wildman–Crippen LogP) is -0.328. The van der Waals surface area contributed by atoms with Crippen LogP contribution in [0.15, 0.2) is 23.1 Å². The van der Waals surface area contributed by atoms with Gasteiger partial charge in [-0.3, -0.25) is 9.48 Å². The molecule has 0 unspecified atom stereocenters. The van der Waals surface area contributed by atoms with Crippen LogP contribution in [0.3, 0.4) is 0 Å². The van der Waals surface area contributed by atoms with Gasteiger partial charge in [-0.1, -0.05) is 0 Å². The third kappa shape index (κ3) is 2.17. The van der Waals surface area contributed by atoms with E-state index in [1.165, 1.54) is 6.07 Å². The van der Waals surface area contributed by atoms with E-state index >= 15 is 0 Å². The number of rotatable bonds is 3. The Kier molecular flexibility index (Phi) is 2.82. The summed E-state index contributed by atoms with van der Waals surface area (Å²) in [5, 5.41) is 4.18. The fraction of sp³-hybridized carbons (Fsp3) is 0.300. The van der Waals surface area contributed by atoms with Crippen LogP contribution in [0.2, 0.25) is 0 Å². The van der Waals surface area contributed by atoms with Crippen molar-refractivity contribution in [2.24, 2.45) is 12.8 Å². The lowest BCUT2D eigenvalue weighted by molar-refractivity contribution is 0.767. The van der Waals surface area contributed by atoms with Crippen molar-refractivity contribution in [2.45, 2.75) is 6.42 Å². The number of nitrogens with one attached hydrogen (secondary N) is 1. The van der Waals surface area contributed by atoms with Crippen molar-refractivity contribution >= 4 is 0 Å². The average Bonchev–Trinajstić information content (AvgIpc) is 2.64. The normalized spacial score (nSPS) is 10.6. The Morgan fingerprint density at radius 3 is 3.00 bits per heavy atom. The lowest BCUT2D eigenvalue weighted by Gasteiger charge is -2.00. The Balaban J connectivity index is 2.44. The molecule has 2 aromatic rings. The lowest BCUT2D eigenvalue weighted by atomic mass is 10.3. The predicted molar refractivity (Wildman–Crippen MR) is 59.8 cm³/mol. The van der Waals surface area contributed by atoms with Crippen molar-refractivity contribution in [1.29, 1.82) is 0 Å². The van der Waals surface area contributed by atoms with Crippen LogP contribution < -0.4 is 11.3 Å². The summed E-state index contributed by atoms with van der Waals surface area (Å²) < 4.78 is 1.66. The van der Waals surface area contributed by atoms with Crippen LogP contribution >= 0.6 is 0 Å². The third-order valence-electron chi connectivity index (χ3n) is 2.15. The van der Waals surface area contributed by atoms with E-state index < -0.39 is 0 Å². The Hall–Kier alpha value is -1.95. The summed E-state index contributed by atoms with van der Waals surface area (Å²) in [5.74, 6) is 0.483. The minimum atomic E-state index is -0.181. The van der Waals surface area contributed by atoms with Gasteiger partial charge in [-0.2, -0.15) is 5.10 Å². The van der Waals surface area contributed by atoms with E-state index in [1.54, 1.807) is 16.9 Å². The number of aromatic nitrogens is 4. The molecule has 3 N–H and O–H groups in total. The molecule has 0 saturated carbocycles. The largest absolute Gasteiger partial charge is 0.330 e. The van der Waals surface area contributed by atoms with E-state index in [0.29, 0.717) is 30.2 Å². The zero-order valence-corrected chi connectivity index (χ0v) is 8.97. The van der Waals surface area contributed by atoms with Gasteiger partial charge in [0, 0.05) is 31.4 Å². The fourth-order valence-corrected chi connectivity index (χ4v) is 1.45. The van der Waals surface area contributed by atoms with Crippen molar-refractivity contribution in [3.05, 3.63) is 34.4 Å². The summed E-state index contributed by atoms with van der Waals surface area (Å²) in [6, 6.07) is 3.25. The maximum absolute atomic E-state index is 11.4. The number of aromatic amines is 1. The van der Waals surface area contributed by atoms with Crippen LogP contribution in [-0.4, -0.2) is 26.3 Å². The van der Waals surface area contributed by atoms with E-state index in [1.807, 2.05) is 7.05 Å². The van der Waals surface area contributed by atoms with Crippen molar-refractivity contribution in [1.82, 2.24) is 19.7 Å². The first-order valence-electron chi connectivity index (χ1n) is 4.99. The summed E-state index contributed by atoms with van der Waals surface area (Å²) in [7, 11) is 1.81. The molecule has 0 saturated heterocycles. The average molecular weight is 219 g/mol. The van der Waals surface area contributed by atoms with Gasteiger partial charge in [0.2, 0.25) is 0 Å². The highest BCUT2D eigenvalue weighted by atomic mass is 16.1. The highest BCUT2D eigenvalue weighted by molar-refractivity contribution is 5.47. The zero-order chi connectivity index (χ0) is 11.5. The summed E-state index contributed by atoms with van der Waals surface area (Å²) in [6.07, 6.45) is 2.38. The number of hydrogen-bond acceptors (Lipinski definition) is 4. The lowest BCUT2D eigenvalue weighted by Crippen LogP contribution is -2.13. The van der Waals surface area contributed by atoms with E-state index in [0.717, 1.165) is 0 Å². The number of nitrogens with two attached hydrogens (primary N) is 1. The van der Waals surface area contributed by atoms with Gasteiger partial charge in [-0.25, -0.2) is 4.98 Å². The molecule has 2 heterocycles. The molecule has 16 heavy (non-hydrogen) atoms. The van der Waals surface area contributed by atoms with Crippen molar-refractivity contribution in [3.63, 3.8) is 0 Å². The molecule has 0 spiro atoms. The number of aryl methyl sites for hydroxylation is 1. The summed E-state index contributed by atoms with van der Waals surface area (Å²) >= 11 is 0. The Morgan fingerprint density at radius 2 is 2.38 bits per heavy atom. The molecule has 84 valence electrons. The monoisotopic (exact) mass is 219 g/mol. The van der Waals surface area contributed by atoms with E-state index in [4.69, 9.17) is 5.73 Å². The van der Waals surface area contributed by atoms with Crippen LogP contribution in [0.5, 0.6) is 0 Å². The first kappa shape index (κ1) is 10.6. The molecule has 0 aromatic carbocycles. The molecule has 0 aliphatic heterocycles. The highest BCUT2D eigenvalue weighted by Crippen LogP contribution is 2.09. The van der Waals surface area contributed by atoms with Crippen molar-refractivity contribution in [3.8, 4) is 11.5 Å².